The van der Waals surface area contributed by atoms with Crippen molar-refractivity contribution in [2.24, 2.45) is 0 Å². The first-order valence-corrected chi connectivity index (χ1v) is 7.37. The van der Waals surface area contributed by atoms with Crippen LogP contribution in [0, 0.1) is 0 Å². The molecule has 0 fully saturated rings. The van der Waals surface area contributed by atoms with Crippen LogP contribution in [-0.4, -0.2) is 36.1 Å². The number of nitrogens with one attached hydrogen (secondary N) is 2. The van der Waals surface area contributed by atoms with Gasteiger partial charge in [0.05, 0.1) is 25.5 Å². The third-order valence-electron chi connectivity index (χ3n) is 3.26. The minimum atomic E-state index is -4.96. The number of benzene rings is 1. The third-order valence-corrected chi connectivity index (χ3v) is 3.26. The number of hydrogen-bond donors (Lipinski definition) is 3. The Hall–Kier alpha value is -2.22. The molecule has 0 aliphatic carbocycles. The molecule has 0 saturated carbocycles. The molecule has 134 valence electrons. The number of urea groups is 1. The van der Waals surface area contributed by atoms with Gasteiger partial charge in [0.25, 0.3) is 0 Å². The van der Waals surface area contributed by atoms with Gasteiger partial charge in [-0.15, -0.1) is 0 Å². The molecule has 0 saturated heterocycles. The zero-order chi connectivity index (χ0) is 18.2. The number of halogens is 3. The predicted octanol–water partition coefficient (Wildman–Crippen LogP) is 2.89. The molecular weight excluding hydrogens is 325 g/mol. The third kappa shape index (κ3) is 5.77. The lowest BCUT2D eigenvalue weighted by Crippen LogP contribution is -2.53. The Kier molecular flexibility index (Phi) is 7.09. The molecule has 24 heavy (non-hydrogen) atoms. The second kappa shape index (κ2) is 8.58. The van der Waals surface area contributed by atoms with Gasteiger partial charge in [0.2, 0.25) is 0 Å². The van der Waals surface area contributed by atoms with Crippen LogP contribution in [0.1, 0.15) is 25.5 Å². The van der Waals surface area contributed by atoms with E-state index in [-0.39, 0.29) is 6.61 Å². The molecule has 0 aliphatic heterocycles. The van der Waals surface area contributed by atoms with Gasteiger partial charge in [-0.05, 0) is 25.5 Å². The molecule has 0 aromatic heterocycles. The number of rotatable bonds is 7. The number of aliphatic hydroxyl groups is 1. The molecular formula is C16H21F3N2O3. The first-order valence-electron chi connectivity index (χ1n) is 7.37. The van der Waals surface area contributed by atoms with Crippen molar-refractivity contribution in [3.8, 4) is 0 Å². The molecule has 2 atom stereocenters. The second-order valence-corrected chi connectivity index (χ2v) is 5.14. The van der Waals surface area contributed by atoms with E-state index in [1.807, 2.05) is 11.4 Å². The van der Waals surface area contributed by atoms with E-state index in [1.54, 1.807) is 38.1 Å². The van der Waals surface area contributed by atoms with Gasteiger partial charge < -0.3 is 20.5 Å². The van der Waals surface area contributed by atoms with Crippen LogP contribution in [-0.2, 0) is 4.74 Å². The van der Waals surface area contributed by atoms with Crippen molar-refractivity contribution in [1.82, 2.24) is 10.6 Å². The quantitative estimate of drug-likeness (QED) is 0.665. The van der Waals surface area contributed by atoms with Gasteiger partial charge in [0.15, 0.2) is 5.60 Å². The molecule has 1 rings (SSSR count). The number of hydrogen-bond acceptors (Lipinski definition) is 3. The fourth-order valence-electron chi connectivity index (χ4n) is 1.80. The zero-order valence-electron chi connectivity index (χ0n) is 13.4. The fraction of sp³-hybridized carbons (Fsp3) is 0.438. The Bertz CT molecular complexity index is 549. The number of carbonyl (C=O) groups excluding carboxylic acids is 1. The number of amides is 2. The Morgan fingerprint density at radius 2 is 1.96 bits per heavy atom. The van der Waals surface area contributed by atoms with Gasteiger partial charge in [0, 0.05) is 0 Å². The van der Waals surface area contributed by atoms with Gasteiger partial charge >= 0.3 is 12.2 Å². The smallest absolute Gasteiger partial charge is 0.422 e. The summed E-state index contributed by atoms with van der Waals surface area (Å²) in [6, 6.07) is 7.72. The highest BCUT2D eigenvalue weighted by Gasteiger charge is 2.52. The number of ether oxygens (including phenoxy) is 1. The summed E-state index contributed by atoms with van der Waals surface area (Å²) in [5.41, 5.74) is -2.41. The Morgan fingerprint density at radius 3 is 2.50 bits per heavy atom. The maximum absolute atomic E-state index is 13.0. The van der Waals surface area contributed by atoms with E-state index in [0.717, 1.165) is 11.8 Å². The van der Waals surface area contributed by atoms with Gasteiger partial charge in [-0.25, -0.2) is 4.79 Å². The highest BCUT2D eigenvalue weighted by Crippen LogP contribution is 2.31. The minimum absolute atomic E-state index is 0.160. The van der Waals surface area contributed by atoms with Crippen LogP contribution in [0.5, 0.6) is 0 Å². The largest absolute Gasteiger partial charge is 0.502 e. The maximum atomic E-state index is 13.0. The molecule has 0 radical (unpaired) electrons. The number of alkyl halides is 3. The lowest BCUT2D eigenvalue weighted by Gasteiger charge is -2.27. The summed E-state index contributed by atoms with van der Waals surface area (Å²) < 4.78 is 43.6. The van der Waals surface area contributed by atoms with E-state index < -0.39 is 30.4 Å². The summed E-state index contributed by atoms with van der Waals surface area (Å²) in [6.07, 6.45) is -3.73. The normalized spacial score (nSPS) is 15.6. The average molecular weight is 346 g/mol. The summed E-state index contributed by atoms with van der Waals surface area (Å²) in [4.78, 5) is 11.8. The van der Waals surface area contributed by atoms with Crippen molar-refractivity contribution in [3.63, 3.8) is 0 Å². The van der Waals surface area contributed by atoms with E-state index in [9.17, 15) is 23.1 Å². The summed E-state index contributed by atoms with van der Waals surface area (Å²) >= 11 is 0. The van der Waals surface area contributed by atoms with E-state index in [2.05, 4.69) is 10.1 Å². The molecule has 5 nitrogen and oxygen atoms in total. The molecule has 2 amide bonds. The van der Waals surface area contributed by atoms with Crippen LogP contribution in [0.15, 0.2) is 42.7 Å². The van der Waals surface area contributed by atoms with E-state index in [4.69, 9.17) is 0 Å². The van der Waals surface area contributed by atoms with Crippen LogP contribution in [0.4, 0.5) is 18.0 Å². The molecule has 2 unspecified atom stereocenters. The Balaban J connectivity index is 2.64. The highest BCUT2D eigenvalue weighted by atomic mass is 19.4. The van der Waals surface area contributed by atoms with Crippen LogP contribution in [0.3, 0.4) is 0 Å². The molecule has 0 heterocycles. The maximum Gasteiger partial charge on any atom is 0.422 e. The molecule has 8 heteroatoms. The first-order chi connectivity index (χ1) is 11.2. The minimum Gasteiger partial charge on any atom is -0.502 e. The van der Waals surface area contributed by atoms with Gasteiger partial charge in [-0.3, -0.25) is 0 Å². The lowest BCUT2D eigenvalue weighted by atomic mass is 10.0. The van der Waals surface area contributed by atoms with Crippen molar-refractivity contribution in [2.45, 2.75) is 31.7 Å². The molecule has 0 spiro atoms. The van der Waals surface area contributed by atoms with Crippen molar-refractivity contribution in [1.29, 1.82) is 0 Å². The van der Waals surface area contributed by atoms with Gasteiger partial charge in [0.1, 0.15) is 0 Å². The standard InChI is InChI=1S/C16H21F3N2O3/c1-3-24-10-9-15(23,16(17,18)19)11-20-14(22)21-12(2)13-7-5-4-6-8-13/h4-10,12,23H,3,11H2,1-2H3,(H2,20,21,22). The van der Waals surface area contributed by atoms with Crippen LogP contribution in [0.25, 0.3) is 0 Å². The molecule has 1 aromatic carbocycles. The van der Waals surface area contributed by atoms with E-state index in [0.29, 0.717) is 6.08 Å². The van der Waals surface area contributed by atoms with Crippen molar-refractivity contribution in [3.05, 3.63) is 48.2 Å². The monoisotopic (exact) mass is 346 g/mol. The topological polar surface area (TPSA) is 70.6 Å². The predicted molar refractivity (Wildman–Crippen MR) is 83.2 cm³/mol. The van der Waals surface area contributed by atoms with Gasteiger partial charge in [-0.2, -0.15) is 13.2 Å². The molecule has 0 aliphatic rings. The SMILES string of the molecule is CCOC=CC(O)(CNC(=O)NC(C)c1ccccc1)C(F)(F)F. The van der Waals surface area contributed by atoms with Crippen LogP contribution < -0.4 is 10.6 Å². The summed E-state index contributed by atoms with van der Waals surface area (Å²) in [5, 5.41) is 14.3. The molecule has 0 bridgehead atoms. The van der Waals surface area contributed by atoms with E-state index in [1.165, 1.54) is 0 Å². The Morgan fingerprint density at radius 1 is 1.33 bits per heavy atom. The first kappa shape index (κ1) is 19.8. The second-order valence-electron chi connectivity index (χ2n) is 5.14. The van der Waals surface area contributed by atoms with Crippen molar-refractivity contribution < 1.29 is 27.8 Å². The Labute approximate surface area is 138 Å². The molecule has 3 N–H and O–H groups in total. The van der Waals surface area contributed by atoms with Crippen LogP contribution >= 0.6 is 0 Å². The number of carbonyl (C=O) groups is 1. The highest BCUT2D eigenvalue weighted by molar-refractivity contribution is 5.74. The van der Waals surface area contributed by atoms with Crippen molar-refractivity contribution >= 4 is 6.03 Å². The van der Waals surface area contributed by atoms with Crippen LogP contribution in [0.2, 0.25) is 0 Å². The molecule has 1 aromatic rings. The zero-order valence-corrected chi connectivity index (χ0v) is 13.4. The van der Waals surface area contributed by atoms with E-state index >= 15 is 0 Å². The van der Waals surface area contributed by atoms with Crippen molar-refractivity contribution in [2.75, 3.05) is 13.2 Å². The summed E-state index contributed by atoms with van der Waals surface area (Å²) in [5.74, 6) is 0. The fourth-order valence-corrected chi connectivity index (χ4v) is 1.80. The lowest BCUT2D eigenvalue weighted by molar-refractivity contribution is -0.237. The van der Waals surface area contributed by atoms with Gasteiger partial charge in [-0.1, -0.05) is 30.3 Å². The summed E-state index contributed by atoms with van der Waals surface area (Å²) in [7, 11) is 0. The average Bonchev–Trinajstić information content (AvgIpc) is 2.53. The summed E-state index contributed by atoms with van der Waals surface area (Å²) in [6.45, 7) is 2.41.